The molecule has 0 saturated heterocycles. The molecule has 0 saturated carbocycles. The van der Waals surface area contributed by atoms with Crippen LogP contribution in [0.1, 0.15) is 38.2 Å². The van der Waals surface area contributed by atoms with Crippen LogP contribution in [0.4, 0.5) is 4.39 Å². The first kappa shape index (κ1) is 24.8. The Bertz CT molecular complexity index is 916. The maximum atomic E-state index is 13.0. The van der Waals surface area contributed by atoms with Crippen molar-refractivity contribution in [2.24, 2.45) is 0 Å². The van der Waals surface area contributed by atoms with Crippen LogP contribution in [0.2, 0.25) is 0 Å². The van der Waals surface area contributed by atoms with Crippen molar-refractivity contribution in [1.82, 2.24) is 9.62 Å². The molecule has 0 bridgehead atoms. The molecule has 0 radical (unpaired) electrons. The van der Waals surface area contributed by atoms with Gasteiger partial charge in [0.25, 0.3) is 0 Å². The first-order valence-electron chi connectivity index (χ1n) is 10.5. The van der Waals surface area contributed by atoms with E-state index in [2.05, 4.69) is 12.2 Å². The van der Waals surface area contributed by atoms with Crippen LogP contribution in [-0.2, 0) is 21.2 Å². The van der Waals surface area contributed by atoms with Crippen molar-refractivity contribution >= 4 is 15.9 Å². The van der Waals surface area contributed by atoms with Gasteiger partial charge in [0.15, 0.2) is 0 Å². The zero-order valence-corrected chi connectivity index (χ0v) is 19.0. The van der Waals surface area contributed by atoms with Crippen LogP contribution in [0.5, 0.6) is 5.75 Å². The Balaban J connectivity index is 1.67. The standard InChI is InChI=1S/C23H31FN2O4S/c1-3-4-18-30-21-11-7-19(8-12-21)15-16-25-23(27)6-5-17-26(2)31(28,29)22-13-9-20(24)10-14-22/h7-14H,3-6,15-18H2,1-2H3,(H,25,27). The lowest BCUT2D eigenvalue weighted by atomic mass is 10.1. The molecule has 0 unspecified atom stereocenters. The predicted molar refractivity (Wildman–Crippen MR) is 119 cm³/mol. The van der Waals surface area contributed by atoms with Crippen LogP contribution in [0.15, 0.2) is 53.4 Å². The van der Waals surface area contributed by atoms with Gasteiger partial charge in [0, 0.05) is 26.6 Å². The predicted octanol–water partition coefficient (Wildman–Crippen LogP) is 3.76. The molecule has 8 heteroatoms. The van der Waals surface area contributed by atoms with E-state index in [1.165, 1.54) is 23.5 Å². The third kappa shape index (κ3) is 8.30. The zero-order chi connectivity index (χ0) is 22.7. The Kier molecular flexibility index (Phi) is 9.94. The molecule has 6 nitrogen and oxygen atoms in total. The Hall–Kier alpha value is -2.45. The van der Waals surface area contributed by atoms with Gasteiger partial charge in [0.1, 0.15) is 11.6 Å². The summed E-state index contributed by atoms with van der Waals surface area (Å²) in [4.78, 5) is 12.1. The number of nitrogens with zero attached hydrogens (tertiary/aromatic N) is 1. The number of carbonyl (C=O) groups is 1. The van der Waals surface area contributed by atoms with Crippen molar-refractivity contribution in [3.05, 3.63) is 59.9 Å². The molecule has 2 rings (SSSR count). The van der Waals surface area contributed by atoms with Crippen molar-refractivity contribution in [3.63, 3.8) is 0 Å². The van der Waals surface area contributed by atoms with Crippen LogP contribution in [-0.4, -0.2) is 45.4 Å². The molecule has 1 N–H and O–H groups in total. The van der Waals surface area contributed by atoms with Crippen LogP contribution in [0, 0.1) is 5.82 Å². The van der Waals surface area contributed by atoms with Gasteiger partial charge in [0.05, 0.1) is 11.5 Å². The van der Waals surface area contributed by atoms with Crippen molar-refractivity contribution in [2.45, 2.75) is 43.9 Å². The molecular formula is C23H31FN2O4S. The number of hydrogen-bond donors (Lipinski definition) is 1. The number of benzene rings is 2. The minimum Gasteiger partial charge on any atom is -0.494 e. The van der Waals surface area contributed by atoms with E-state index in [0.29, 0.717) is 26.0 Å². The highest BCUT2D eigenvalue weighted by Gasteiger charge is 2.20. The third-order valence-corrected chi connectivity index (χ3v) is 6.70. The number of rotatable bonds is 13. The molecule has 0 aliphatic heterocycles. The number of ether oxygens (including phenoxy) is 1. The normalized spacial score (nSPS) is 11.5. The molecule has 170 valence electrons. The largest absolute Gasteiger partial charge is 0.494 e. The van der Waals surface area contributed by atoms with Gasteiger partial charge < -0.3 is 10.1 Å². The van der Waals surface area contributed by atoms with Gasteiger partial charge in [0.2, 0.25) is 15.9 Å². The molecular weight excluding hydrogens is 419 g/mol. The van der Waals surface area contributed by atoms with E-state index in [4.69, 9.17) is 4.74 Å². The highest BCUT2D eigenvalue weighted by Crippen LogP contribution is 2.15. The summed E-state index contributed by atoms with van der Waals surface area (Å²) in [6.45, 7) is 3.55. The minimum absolute atomic E-state index is 0.0302. The summed E-state index contributed by atoms with van der Waals surface area (Å²) in [5, 5.41) is 2.86. The van der Waals surface area contributed by atoms with Crippen molar-refractivity contribution in [1.29, 1.82) is 0 Å². The topological polar surface area (TPSA) is 75.7 Å². The minimum atomic E-state index is -3.69. The monoisotopic (exact) mass is 450 g/mol. The molecule has 0 fully saturated rings. The van der Waals surface area contributed by atoms with Gasteiger partial charge in [-0.25, -0.2) is 17.1 Å². The van der Waals surface area contributed by atoms with E-state index in [1.54, 1.807) is 0 Å². The van der Waals surface area contributed by atoms with Gasteiger partial charge in [-0.2, -0.15) is 0 Å². The molecule has 1 amide bonds. The second kappa shape index (κ2) is 12.4. The van der Waals surface area contributed by atoms with E-state index < -0.39 is 15.8 Å². The quantitative estimate of drug-likeness (QED) is 0.472. The number of carbonyl (C=O) groups excluding carboxylic acids is 1. The van der Waals surface area contributed by atoms with Crippen LogP contribution in [0.25, 0.3) is 0 Å². The first-order valence-corrected chi connectivity index (χ1v) is 12.0. The smallest absolute Gasteiger partial charge is 0.242 e. The molecule has 0 atom stereocenters. The third-order valence-electron chi connectivity index (χ3n) is 4.82. The summed E-state index contributed by atoms with van der Waals surface area (Å²) in [7, 11) is -2.24. The molecule has 0 heterocycles. The fourth-order valence-corrected chi connectivity index (χ4v) is 4.10. The maximum absolute atomic E-state index is 13.0. The lowest BCUT2D eigenvalue weighted by Gasteiger charge is -2.17. The molecule has 2 aromatic carbocycles. The average molecular weight is 451 g/mol. The van der Waals surface area contributed by atoms with Crippen LogP contribution in [0.3, 0.4) is 0 Å². The number of halogens is 1. The molecule has 2 aromatic rings. The van der Waals surface area contributed by atoms with Gasteiger partial charge >= 0.3 is 0 Å². The maximum Gasteiger partial charge on any atom is 0.242 e. The number of unbranched alkanes of at least 4 members (excludes halogenated alkanes) is 1. The summed E-state index contributed by atoms with van der Waals surface area (Å²) in [6.07, 6.45) is 3.46. The Labute approximate surface area is 184 Å². The number of hydrogen-bond acceptors (Lipinski definition) is 4. The molecule has 0 spiro atoms. The highest BCUT2D eigenvalue weighted by atomic mass is 32.2. The Morgan fingerprint density at radius 3 is 2.39 bits per heavy atom. The fourth-order valence-electron chi connectivity index (χ4n) is 2.89. The van der Waals surface area contributed by atoms with E-state index in [9.17, 15) is 17.6 Å². The fraction of sp³-hybridized carbons (Fsp3) is 0.435. The first-order chi connectivity index (χ1) is 14.8. The summed E-state index contributed by atoms with van der Waals surface area (Å²) < 4.78 is 44.7. The van der Waals surface area contributed by atoms with Crippen molar-refractivity contribution in [2.75, 3.05) is 26.7 Å². The lowest BCUT2D eigenvalue weighted by molar-refractivity contribution is -0.121. The number of nitrogens with one attached hydrogen (secondary N) is 1. The van der Waals surface area contributed by atoms with Crippen molar-refractivity contribution in [3.8, 4) is 5.75 Å². The summed E-state index contributed by atoms with van der Waals surface area (Å²) in [6, 6.07) is 12.5. The van der Waals surface area contributed by atoms with E-state index in [-0.39, 0.29) is 23.8 Å². The van der Waals surface area contributed by atoms with E-state index in [0.717, 1.165) is 36.3 Å². The number of amides is 1. The van der Waals surface area contributed by atoms with Gasteiger partial charge in [-0.1, -0.05) is 25.5 Å². The zero-order valence-electron chi connectivity index (χ0n) is 18.1. The number of sulfonamides is 1. The molecule has 31 heavy (non-hydrogen) atoms. The van der Waals surface area contributed by atoms with Gasteiger partial charge in [-0.3, -0.25) is 4.79 Å². The molecule has 0 aliphatic carbocycles. The SMILES string of the molecule is CCCCOc1ccc(CCNC(=O)CCCN(C)S(=O)(=O)c2ccc(F)cc2)cc1. The molecule has 0 aromatic heterocycles. The summed E-state index contributed by atoms with van der Waals surface area (Å²) in [5.74, 6) is 0.238. The second-order valence-corrected chi connectivity index (χ2v) is 9.37. The van der Waals surface area contributed by atoms with Crippen molar-refractivity contribution < 1.29 is 22.3 Å². The van der Waals surface area contributed by atoms with Gasteiger partial charge in [-0.05, 0) is 61.2 Å². The van der Waals surface area contributed by atoms with E-state index >= 15 is 0 Å². The summed E-state index contributed by atoms with van der Waals surface area (Å²) in [5.41, 5.74) is 1.10. The van der Waals surface area contributed by atoms with Crippen LogP contribution < -0.4 is 10.1 Å². The summed E-state index contributed by atoms with van der Waals surface area (Å²) >= 11 is 0. The van der Waals surface area contributed by atoms with Gasteiger partial charge in [-0.15, -0.1) is 0 Å². The second-order valence-electron chi connectivity index (χ2n) is 7.33. The Morgan fingerprint density at radius 2 is 1.74 bits per heavy atom. The lowest BCUT2D eigenvalue weighted by Crippen LogP contribution is -2.30. The highest BCUT2D eigenvalue weighted by molar-refractivity contribution is 7.89. The molecule has 0 aliphatic rings. The van der Waals surface area contributed by atoms with Crippen LogP contribution >= 0.6 is 0 Å². The Morgan fingerprint density at radius 1 is 1.06 bits per heavy atom. The van der Waals surface area contributed by atoms with E-state index in [1.807, 2.05) is 24.3 Å². The average Bonchev–Trinajstić information content (AvgIpc) is 2.75.